The third-order valence-corrected chi connectivity index (χ3v) is 4.12. The molecule has 2 aliphatic rings. The lowest BCUT2D eigenvalue weighted by atomic mass is 10.1. The molecule has 0 aliphatic heterocycles. The zero-order chi connectivity index (χ0) is 14.3. The molecule has 2 aliphatic carbocycles. The summed E-state index contributed by atoms with van der Waals surface area (Å²) in [4.78, 5) is 24.8. The lowest BCUT2D eigenvalue weighted by Crippen LogP contribution is -2.35. The van der Waals surface area contributed by atoms with Gasteiger partial charge >= 0.3 is 0 Å². The maximum absolute atomic E-state index is 12.6. The standard InChI is InChI=1S/C14H15ClN2O3/c15-13-6-5-11(17(19)20)7-12(13)14(18)16(10-3-4-10)8-9-1-2-9/h5-7,9-10H,1-4,8H2. The van der Waals surface area contributed by atoms with Gasteiger partial charge in [0.05, 0.1) is 15.5 Å². The molecule has 1 aromatic rings. The van der Waals surface area contributed by atoms with E-state index >= 15 is 0 Å². The number of amides is 1. The van der Waals surface area contributed by atoms with Crippen LogP contribution in [0.2, 0.25) is 5.02 Å². The van der Waals surface area contributed by atoms with E-state index in [9.17, 15) is 14.9 Å². The molecule has 0 spiro atoms. The predicted molar refractivity (Wildman–Crippen MR) is 74.9 cm³/mol. The van der Waals surface area contributed by atoms with Crippen LogP contribution in [0.4, 0.5) is 5.69 Å². The van der Waals surface area contributed by atoms with E-state index in [2.05, 4.69) is 0 Å². The molecule has 3 rings (SSSR count). The van der Waals surface area contributed by atoms with Gasteiger partial charge in [0.25, 0.3) is 11.6 Å². The van der Waals surface area contributed by atoms with Crippen LogP contribution in [0.3, 0.4) is 0 Å². The number of nitro groups is 1. The van der Waals surface area contributed by atoms with E-state index in [0.29, 0.717) is 12.0 Å². The minimum Gasteiger partial charge on any atom is -0.335 e. The fraction of sp³-hybridized carbons (Fsp3) is 0.500. The van der Waals surface area contributed by atoms with Gasteiger partial charge in [0, 0.05) is 24.7 Å². The highest BCUT2D eigenvalue weighted by Gasteiger charge is 2.37. The third-order valence-electron chi connectivity index (χ3n) is 3.79. The van der Waals surface area contributed by atoms with Crippen LogP contribution < -0.4 is 0 Å². The van der Waals surface area contributed by atoms with Crippen molar-refractivity contribution in [1.82, 2.24) is 4.90 Å². The first-order valence-electron chi connectivity index (χ1n) is 6.81. The molecule has 0 bridgehead atoms. The van der Waals surface area contributed by atoms with E-state index in [1.807, 2.05) is 4.90 Å². The second-order valence-electron chi connectivity index (χ2n) is 5.55. The highest BCUT2D eigenvalue weighted by molar-refractivity contribution is 6.34. The lowest BCUT2D eigenvalue weighted by Gasteiger charge is -2.22. The summed E-state index contributed by atoms with van der Waals surface area (Å²) >= 11 is 6.05. The van der Waals surface area contributed by atoms with Gasteiger partial charge in [0.2, 0.25) is 0 Å². The van der Waals surface area contributed by atoms with Crippen molar-refractivity contribution in [1.29, 1.82) is 0 Å². The second kappa shape index (κ2) is 5.05. The molecule has 2 fully saturated rings. The molecule has 106 valence electrons. The summed E-state index contributed by atoms with van der Waals surface area (Å²) in [7, 11) is 0. The third kappa shape index (κ3) is 2.77. The van der Waals surface area contributed by atoms with Crippen molar-refractivity contribution in [2.24, 2.45) is 5.92 Å². The average molecular weight is 295 g/mol. The molecule has 6 heteroatoms. The van der Waals surface area contributed by atoms with Gasteiger partial charge in [-0.2, -0.15) is 0 Å². The van der Waals surface area contributed by atoms with Gasteiger partial charge in [-0.1, -0.05) is 11.6 Å². The van der Waals surface area contributed by atoms with Crippen LogP contribution in [0.5, 0.6) is 0 Å². The zero-order valence-corrected chi connectivity index (χ0v) is 11.7. The van der Waals surface area contributed by atoms with Crippen LogP contribution in [-0.2, 0) is 0 Å². The topological polar surface area (TPSA) is 63.4 Å². The van der Waals surface area contributed by atoms with E-state index in [4.69, 9.17) is 11.6 Å². The van der Waals surface area contributed by atoms with E-state index < -0.39 is 4.92 Å². The Morgan fingerprint density at radius 3 is 2.60 bits per heavy atom. The molecule has 0 unspecified atom stereocenters. The number of nitro benzene ring substituents is 1. The van der Waals surface area contributed by atoms with Gasteiger partial charge in [-0.25, -0.2) is 0 Å². The Hall–Kier alpha value is -1.62. The van der Waals surface area contributed by atoms with Crippen molar-refractivity contribution in [2.75, 3.05) is 6.54 Å². The summed E-state index contributed by atoms with van der Waals surface area (Å²) in [6.45, 7) is 0.753. The molecule has 1 aromatic carbocycles. The SMILES string of the molecule is O=C(c1cc([N+](=O)[O-])ccc1Cl)N(CC1CC1)C1CC1. The first-order chi connectivity index (χ1) is 9.56. The van der Waals surface area contributed by atoms with Crippen LogP contribution in [0.1, 0.15) is 36.0 Å². The Balaban J connectivity index is 1.87. The monoisotopic (exact) mass is 294 g/mol. The normalized spacial score (nSPS) is 17.9. The average Bonchev–Trinajstić information content (AvgIpc) is 3.27. The number of hydrogen-bond acceptors (Lipinski definition) is 3. The molecule has 0 heterocycles. The van der Waals surface area contributed by atoms with E-state index in [1.165, 1.54) is 31.0 Å². The molecule has 5 nitrogen and oxygen atoms in total. The van der Waals surface area contributed by atoms with Crippen molar-refractivity contribution in [3.63, 3.8) is 0 Å². The number of benzene rings is 1. The van der Waals surface area contributed by atoms with Gasteiger partial charge in [0.1, 0.15) is 0 Å². The Morgan fingerprint density at radius 2 is 2.05 bits per heavy atom. The van der Waals surface area contributed by atoms with Crippen LogP contribution in [-0.4, -0.2) is 28.3 Å². The Morgan fingerprint density at radius 1 is 1.35 bits per heavy atom. The second-order valence-corrected chi connectivity index (χ2v) is 5.96. The first-order valence-corrected chi connectivity index (χ1v) is 7.19. The van der Waals surface area contributed by atoms with Gasteiger partial charge in [0.15, 0.2) is 0 Å². The highest BCUT2D eigenvalue weighted by Crippen LogP contribution is 2.36. The number of rotatable bonds is 5. The smallest absolute Gasteiger partial charge is 0.270 e. The van der Waals surface area contributed by atoms with Crippen molar-refractivity contribution in [2.45, 2.75) is 31.7 Å². The van der Waals surface area contributed by atoms with Crippen LogP contribution in [0.15, 0.2) is 18.2 Å². The van der Waals surface area contributed by atoms with Crippen molar-refractivity contribution in [3.8, 4) is 0 Å². The summed E-state index contributed by atoms with van der Waals surface area (Å²) in [5, 5.41) is 11.1. The molecule has 0 aromatic heterocycles. The number of hydrogen-bond donors (Lipinski definition) is 0. The summed E-state index contributed by atoms with van der Waals surface area (Å²) in [6, 6.07) is 4.32. The lowest BCUT2D eigenvalue weighted by molar-refractivity contribution is -0.384. The van der Waals surface area contributed by atoms with Gasteiger partial charge in [-0.15, -0.1) is 0 Å². The predicted octanol–water partition coefficient (Wildman–Crippen LogP) is 3.26. The molecular formula is C14H15ClN2O3. The molecule has 2 saturated carbocycles. The summed E-state index contributed by atoms with van der Waals surface area (Å²) in [5.41, 5.74) is 0.147. The molecule has 20 heavy (non-hydrogen) atoms. The maximum atomic E-state index is 12.6. The zero-order valence-electron chi connectivity index (χ0n) is 10.9. The molecule has 1 amide bonds. The number of carbonyl (C=O) groups is 1. The van der Waals surface area contributed by atoms with Crippen LogP contribution in [0, 0.1) is 16.0 Å². The number of carbonyl (C=O) groups excluding carboxylic acids is 1. The Bertz CT molecular complexity index is 568. The molecule has 0 N–H and O–H groups in total. The Kier molecular flexibility index (Phi) is 3.38. The van der Waals surface area contributed by atoms with Crippen molar-refractivity contribution >= 4 is 23.2 Å². The Labute approximate surface area is 121 Å². The van der Waals surface area contributed by atoms with Crippen LogP contribution >= 0.6 is 11.6 Å². The fourth-order valence-electron chi connectivity index (χ4n) is 2.31. The maximum Gasteiger partial charge on any atom is 0.270 e. The number of halogens is 1. The molecule has 0 saturated heterocycles. The first kappa shape index (κ1) is 13.4. The summed E-state index contributed by atoms with van der Waals surface area (Å²) < 4.78 is 0. The van der Waals surface area contributed by atoms with Crippen molar-refractivity contribution < 1.29 is 9.72 Å². The van der Waals surface area contributed by atoms with Gasteiger partial charge in [-0.3, -0.25) is 14.9 Å². The van der Waals surface area contributed by atoms with Gasteiger partial charge in [-0.05, 0) is 37.7 Å². The fourth-order valence-corrected chi connectivity index (χ4v) is 2.51. The highest BCUT2D eigenvalue weighted by atomic mass is 35.5. The van der Waals surface area contributed by atoms with Crippen LogP contribution in [0.25, 0.3) is 0 Å². The molecule has 0 radical (unpaired) electrons. The van der Waals surface area contributed by atoms with E-state index in [1.54, 1.807) is 0 Å². The molecule has 0 atom stereocenters. The van der Waals surface area contributed by atoms with E-state index in [0.717, 1.165) is 19.4 Å². The minimum atomic E-state index is -0.505. The summed E-state index contributed by atoms with van der Waals surface area (Å²) in [6.07, 6.45) is 4.37. The largest absolute Gasteiger partial charge is 0.335 e. The minimum absolute atomic E-state index is 0.0973. The van der Waals surface area contributed by atoms with E-state index in [-0.39, 0.29) is 22.2 Å². The number of nitrogens with zero attached hydrogens (tertiary/aromatic N) is 2. The molecular weight excluding hydrogens is 280 g/mol. The summed E-state index contributed by atoms with van der Waals surface area (Å²) in [5.74, 6) is 0.421. The quantitative estimate of drug-likeness (QED) is 0.618. The number of non-ortho nitro benzene ring substituents is 1. The van der Waals surface area contributed by atoms with Crippen molar-refractivity contribution in [3.05, 3.63) is 38.9 Å². The van der Waals surface area contributed by atoms with Gasteiger partial charge < -0.3 is 4.90 Å².